The fourth-order valence-corrected chi connectivity index (χ4v) is 5.24. The van der Waals surface area contributed by atoms with Crippen LogP contribution in [0.25, 0.3) is 0 Å². The molecule has 156 valence electrons. The first-order valence-electron chi connectivity index (χ1n) is 8.48. The summed E-state index contributed by atoms with van der Waals surface area (Å²) in [5.74, 6) is 0. The number of nitrogens with two attached hydrogens (primary N) is 1. The highest BCUT2D eigenvalue weighted by atomic mass is 35.5. The first kappa shape index (κ1) is 23.0. The molecule has 2 atom stereocenters. The van der Waals surface area contributed by atoms with Crippen molar-refractivity contribution in [1.29, 1.82) is 0 Å². The fraction of sp³-hybridized carbons (Fsp3) is 0.316. The lowest BCUT2D eigenvalue weighted by atomic mass is 9.89. The standard InChI is InChI=1S/C19H14Cl3F3N2S.ClH/c20-13-6-11(7-14(21)17(13)22)18(19(23,24)25)8-16(27-28-18)10-1-3-12-9(5-10)2-4-15(12)26;/h1,3,5-7,15H,2,4,8,26H2;1H. The Bertz CT molecular complexity index is 973. The molecule has 0 radical (unpaired) electrons. The van der Waals surface area contributed by atoms with Gasteiger partial charge in [-0.2, -0.15) is 13.2 Å². The summed E-state index contributed by atoms with van der Waals surface area (Å²) < 4.78 is 44.5. The van der Waals surface area contributed by atoms with Gasteiger partial charge in [0.05, 0.1) is 20.8 Å². The molecule has 0 saturated heterocycles. The number of aryl methyl sites for hydroxylation is 1. The minimum absolute atomic E-state index is 0. The zero-order valence-corrected chi connectivity index (χ0v) is 18.6. The Labute approximate surface area is 191 Å². The lowest BCUT2D eigenvalue weighted by molar-refractivity contribution is -0.159. The van der Waals surface area contributed by atoms with Gasteiger partial charge in [-0.15, -0.1) is 12.4 Å². The molecule has 0 fully saturated rings. The molecule has 2 unspecified atom stereocenters. The summed E-state index contributed by atoms with van der Waals surface area (Å²) in [4.78, 5) is 0. The quantitative estimate of drug-likeness (QED) is 0.346. The maximum atomic E-state index is 14.2. The number of hydrogen-bond acceptors (Lipinski definition) is 3. The average Bonchev–Trinajstić information content (AvgIpc) is 3.24. The van der Waals surface area contributed by atoms with Crippen LogP contribution in [0.5, 0.6) is 0 Å². The molecule has 2 N–H and O–H groups in total. The summed E-state index contributed by atoms with van der Waals surface area (Å²) >= 11 is 18.4. The third-order valence-corrected chi connectivity index (χ3v) is 7.67. The molecular formula is C19H15Cl4F3N2S. The Morgan fingerprint density at radius 2 is 1.76 bits per heavy atom. The van der Waals surface area contributed by atoms with Crippen molar-refractivity contribution in [1.82, 2.24) is 0 Å². The van der Waals surface area contributed by atoms with Gasteiger partial charge in [-0.05, 0) is 65.2 Å². The van der Waals surface area contributed by atoms with Crippen LogP contribution >= 0.6 is 59.2 Å². The second-order valence-corrected chi connectivity index (χ2v) is 9.20. The van der Waals surface area contributed by atoms with Crippen LogP contribution in [0, 0.1) is 0 Å². The van der Waals surface area contributed by atoms with Gasteiger partial charge in [-0.25, -0.2) is 4.40 Å². The number of halogens is 7. The monoisotopic (exact) mass is 500 g/mol. The molecule has 0 aromatic heterocycles. The van der Waals surface area contributed by atoms with Gasteiger partial charge in [0, 0.05) is 12.5 Å². The lowest BCUT2D eigenvalue weighted by Crippen LogP contribution is -2.38. The zero-order chi connectivity index (χ0) is 20.3. The third kappa shape index (κ3) is 3.88. The summed E-state index contributed by atoms with van der Waals surface area (Å²) in [6.45, 7) is 0. The first-order valence-corrected chi connectivity index (χ1v) is 10.4. The Kier molecular flexibility index (Phi) is 6.46. The Hall–Kier alpha value is -0.630. The minimum Gasteiger partial charge on any atom is -0.324 e. The van der Waals surface area contributed by atoms with E-state index in [1.807, 2.05) is 12.1 Å². The van der Waals surface area contributed by atoms with Crippen molar-refractivity contribution in [3.05, 3.63) is 67.7 Å². The van der Waals surface area contributed by atoms with Crippen LogP contribution in [0.4, 0.5) is 13.2 Å². The van der Waals surface area contributed by atoms with Crippen molar-refractivity contribution in [2.24, 2.45) is 10.1 Å². The molecular weight excluding hydrogens is 487 g/mol. The molecule has 0 saturated carbocycles. The lowest BCUT2D eigenvalue weighted by Gasteiger charge is -2.30. The Morgan fingerprint density at radius 3 is 2.38 bits per heavy atom. The summed E-state index contributed by atoms with van der Waals surface area (Å²) in [6, 6.07) is 8.00. The van der Waals surface area contributed by atoms with E-state index >= 15 is 0 Å². The molecule has 29 heavy (non-hydrogen) atoms. The second kappa shape index (κ2) is 8.13. The maximum absolute atomic E-state index is 14.2. The second-order valence-electron chi connectivity index (χ2n) is 6.94. The van der Waals surface area contributed by atoms with E-state index in [2.05, 4.69) is 4.40 Å². The van der Waals surface area contributed by atoms with Crippen LogP contribution in [0.1, 0.15) is 41.1 Å². The number of benzene rings is 2. The van der Waals surface area contributed by atoms with Crippen LogP contribution < -0.4 is 5.73 Å². The van der Waals surface area contributed by atoms with E-state index < -0.39 is 10.9 Å². The molecule has 2 nitrogen and oxygen atoms in total. The van der Waals surface area contributed by atoms with Crippen LogP contribution in [-0.4, -0.2) is 11.9 Å². The molecule has 0 bridgehead atoms. The van der Waals surface area contributed by atoms with Crippen LogP contribution in [0.15, 0.2) is 34.7 Å². The van der Waals surface area contributed by atoms with Crippen molar-refractivity contribution in [3.63, 3.8) is 0 Å². The van der Waals surface area contributed by atoms with E-state index in [9.17, 15) is 13.2 Å². The molecule has 1 heterocycles. The Morgan fingerprint density at radius 1 is 1.10 bits per heavy atom. The Balaban J connectivity index is 0.00000240. The van der Waals surface area contributed by atoms with Gasteiger partial charge < -0.3 is 5.73 Å². The number of alkyl halides is 3. The fourth-order valence-electron chi connectivity index (χ4n) is 3.68. The molecule has 2 aliphatic rings. The minimum atomic E-state index is -4.57. The van der Waals surface area contributed by atoms with Crippen LogP contribution in [-0.2, 0) is 11.2 Å². The normalized spacial score (nSPS) is 23.6. The summed E-state index contributed by atoms with van der Waals surface area (Å²) in [5, 5.41) is -0.00905. The van der Waals surface area contributed by atoms with Gasteiger partial charge in [0.1, 0.15) is 0 Å². The van der Waals surface area contributed by atoms with Crippen molar-refractivity contribution < 1.29 is 13.2 Å². The predicted molar refractivity (Wildman–Crippen MR) is 117 cm³/mol. The maximum Gasteiger partial charge on any atom is 0.409 e. The number of fused-ring (bicyclic) bond motifs is 1. The van der Waals surface area contributed by atoms with Crippen molar-refractivity contribution in [3.8, 4) is 0 Å². The van der Waals surface area contributed by atoms with E-state index in [4.69, 9.17) is 40.5 Å². The molecule has 2 aromatic rings. The molecule has 0 amide bonds. The molecule has 0 spiro atoms. The van der Waals surface area contributed by atoms with E-state index in [1.165, 1.54) is 12.1 Å². The van der Waals surface area contributed by atoms with Gasteiger partial charge in [0.15, 0.2) is 4.75 Å². The van der Waals surface area contributed by atoms with E-state index in [1.54, 1.807) is 6.07 Å². The summed E-state index contributed by atoms with van der Waals surface area (Å²) in [5.41, 5.74) is 9.16. The molecule has 1 aliphatic heterocycles. The topological polar surface area (TPSA) is 38.4 Å². The van der Waals surface area contributed by atoms with E-state index in [0.29, 0.717) is 23.2 Å². The zero-order valence-electron chi connectivity index (χ0n) is 14.7. The van der Waals surface area contributed by atoms with Gasteiger partial charge in [0.25, 0.3) is 0 Å². The largest absolute Gasteiger partial charge is 0.409 e. The highest BCUT2D eigenvalue weighted by Crippen LogP contribution is 2.57. The highest BCUT2D eigenvalue weighted by Gasteiger charge is 2.60. The first-order chi connectivity index (χ1) is 13.1. The highest BCUT2D eigenvalue weighted by molar-refractivity contribution is 7.99. The average molecular weight is 502 g/mol. The number of rotatable bonds is 2. The third-order valence-electron chi connectivity index (χ3n) is 5.24. The summed E-state index contributed by atoms with van der Waals surface area (Å²) in [7, 11) is 0. The summed E-state index contributed by atoms with van der Waals surface area (Å²) in [6.07, 6.45) is -3.23. The van der Waals surface area contributed by atoms with Crippen molar-refractivity contribution in [2.45, 2.75) is 36.2 Å². The molecule has 2 aromatic carbocycles. The van der Waals surface area contributed by atoms with Gasteiger partial charge in [0.2, 0.25) is 0 Å². The van der Waals surface area contributed by atoms with E-state index in [-0.39, 0.29) is 45.5 Å². The number of nitrogens with zero attached hydrogens (tertiary/aromatic N) is 1. The van der Waals surface area contributed by atoms with Gasteiger partial charge in [-0.1, -0.05) is 46.9 Å². The predicted octanol–water partition coefficient (Wildman–Crippen LogP) is 7.31. The SMILES string of the molecule is Cl.NC1CCc2cc(C3=NSC(c4cc(Cl)c(Cl)c(Cl)c4)(C(F)(F)F)C3)ccc21. The smallest absolute Gasteiger partial charge is 0.324 e. The molecule has 10 heteroatoms. The number of hydrogen-bond donors (Lipinski definition) is 1. The van der Waals surface area contributed by atoms with Gasteiger partial charge >= 0.3 is 6.18 Å². The molecule has 4 rings (SSSR count). The molecule has 1 aliphatic carbocycles. The van der Waals surface area contributed by atoms with Crippen LogP contribution in [0.3, 0.4) is 0 Å². The van der Waals surface area contributed by atoms with Gasteiger partial charge in [-0.3, -0.25) is 0 Å². The van der Waals surface area contributed by atoms with E-state index in [0.717, 1.165) is 24.0 Å². The van der Waals surface area contributed by atoms with Crippen LogP contribution in [0.2, 0.25) is 15.1 Å². The van der Waals surface area contributed by atoms with Crippen molar-refractivity contribution >= 4 is 64.9 Å². The van der Waals surface area contributed by atoms with Crippen molar-refractivity contribution in [2.75, 3.05) is 0 Å².